The first-order valence-electron chi connectivity index (χ1n) is 10.4. The van der Waals surface area contributed by atoms with E-state index in [0.29, 0.717) is 11.1 Å². The molecule has 1 amide bonds. The van der Waals surface area contributed by atoms with Gasteiger partial charge in [-0.25, -0.2) is 0 Å². The summed E-state index contributed by atoms with van der Waals surface area (Å²) in [5, 5.41) is 43.8. The largest absolute Gasteiger partial charge is 0.510 e. The van der Waals surface area contributed by atoms with Gasteiger partial charge < -0.3 is 26.2 Å². The van der Waals surface area contributed by atoms with Gasteiger partial charge in [-0.15, -0.1) is 5.92 Å². The Kier molecular flexibility index (Phi) is 5.11. The number of Topliss-reactive ketones (excluding diaryl/α,β-unsaturated/α-hetero) is 2. The summed E-state index contributed by atoms with van der Waals surface area (Å²) in [6.45, 7) is 1.64. The minimum atomic E-state index is -2.64. The number of primary amides is 1. The van der Waals surface area contributed by atoms with E-state index in [0.717, 1.165) is 0 Å². The summed E-state index contributed by atoms with van der Waals surface area (Å²) in [4.78, 5) is 40.1. The van der Waals surface area contributed by atoms with E-state index in [1.165, 1.54) is 11.0 Å². The van der Waals surface area contributed by atoms with Crippen LogP contribution in [0.1, 0.15) is 34.8 Å². The first kappa shape index (κ1) is 22.6. The van der Waals surface area contributed by atoms with Gasteiger partial charge in [0.25, 0.3) is 5.91 Å². The lowest BCUT2D eigenvalue weighted by molar-refractivity contribution is -0.148. The molecule has 6 N–H and O–H groups in total. The molecule has 0 heterocycles. The second-order valence-electron chi connectivity index (χ2n) is 8.82. The molecule has 4 rings (SSSR count). The van der Waals surface area contributed by atoms with Crippen molar-refractivity contribution >= 4 is 17.5 Å². The fourth-order valence-electron chi connectivity index (χ4n) is 5.50. The van der Waals surface area contributed by atoms with Crippen molar-refractivity contribution in [3.8, 4) is 17.6 Å². The maximum absolute atomic E-state index is 13.4. The fourth-order valence-corrected chi connectivity index (χ4v) is 5.50. The molecule has 0 bridgehead atoms. The van der Waals surface area contributed by atoms with E-state index in [1.807, 2.05) is 0 Å². The number of likely N-dealkylation sites (N-methyl/N-ethyl adjacent to an activating group) is 1. The molecule has 9 heteroatoms. The minimum Gasteiger partial charge on any atom is -0.510 e. The second kappa shape index (κ2) is 7.47. The van der Waals surface area contributed by atoms with Crippen molar-refractivity contribution in [3.63, 3.8) is 0 Å². The first-order valence-corrected chi connectivity index (χ1v) is 10.4. The van der Waals surface area contributed by atoms with Crippen molar-refractivity contribution in [1.29, 1.82) is 0 Å². The first-order chi connectivity index (χ1) is 15.5. The average Bonchev–Trinajstić information content (AvgIpc) is 2.72. The Hall–Kier alpha value is -3.61. The number of nitrogens with two attached hydrogens (primary N) is 1. The zero-order chi connectivity index (χ0) is 24.4. The average molecular weight is 452 g/mol. The molecule has 0 spiro atoms. The van der Waals surface area contributed by atoms with Crippen molar-refractivity contribution < 1.29 is 34.8 Å². The maximum Gasteiger partial charge on any atom is 0.255 e. The molecule has 1 aromatic rings. The van der Waals surface area contributed by atoms with Gasteiger partial charge in [0.1, 0.15) is 22.8 Å². The van der Waals surface area contributed by atoms with Crippen LogP contribution in [-0.4, -0.2) is 68.5 Å². The Labute approximate surface area is 189 Å². The number of phenols is 1. The Morgan fingerprint density at radius 3 is 2.45 bits per heavy atom. The Morgan fingerprint density at radius 2 is 1.88 bits per heavy atom. The van der Waals surface area contributed by atoms with Crippen LogP contribution in [0.5, 0.6) is 5.75 Å². The van der Waals surface area contributed by atoms with Crippen LogP contribution in [0.3, 0.4) is 0 Å². The molecule has 4 atom stereocenters. The SMILES string of the molecule is CC#Cc1ccc(O)c2c1CC1CC3C(N(C)C)C(O)=C(C(N)=O)C(=O)C3(O)C(O)=C1C2=O. The number of nitrogens with zero attached hydrogens (tertiary/aromatic N) is 1. The van der Waals surface area contributed by atoms with Gasteiger partial charge in [-0.1, -0.05) is 5.92 Å². The number of amides is 1. The summed E-state index contributed by atoms with van der Waals surface area (Å²) in [6, 6.07) is 1.91. The van der Waals surface area contributed by atoms with Crippen LogP contribution in [0, 0.1) is 23.7 Å². The van der Waals surface area contributed by atoms with Crippen LogP contribution >= 0.6 is 0 Å². The summed E-state index contributed by atoms with van der Waals surface area (Å²) in [5.41, 5.74) is 2.68. The third-order valence-corrected chi connectivity index (χ3v) is 6.87. The number of phenolic OH excluding ortho intramolecular Hbond substituents is 1. The molecule has 9 nitrogen and oxygen atoms in total. The van der Waals surface area contributed by atoms with Crippen molar-refractivity contribution in [2.45, 2.75) is 31.4 Å². The van der Waals surface area contributed by atoms with Crippen molar-refractivity contribution in [3.05, 3.63) is 51.5 Å². The molecule has 0 fully saturated rings. The zero-order valence-corrected chi connectivity index (χ0v) is 18.3. The molecule has 0 aliphatic heterocycles. The Morgan fingerprint density at radius 1 is 1.21 bits per heavy atom. The molecule has 0 radical (unpaired) electrons. The highest BCUT2D eigenvalue weighted by Gasteiger charge is 2.63. The van der Waals surface area contributed by atoms with Crippen molar-refractivity contribution in [2.75, 3.05) is 14.1 Å². The molecule has 33 heavy (non-hydrogen) atoms. The van der Waals surface area contributed by atoms with Gasteiger partial charge in [0.05, 0.1) is 11.6 Å². The highest BCUT2D eigenvalue weighted by atomic mass is 16.3. The van der Waals surface area contributed by atoms with Crippen molar-refractivity contribution in [1.82, 2.24) is 4.90 Å². The number of rotatable bonds is 2. The number of benzene rings is 1. The summed E-state index contributed by atoms with van der Waals surface area (Å²) in [7, 11) is 3.17. The van der Waals surface area contributed by atoms with Gasteiger partial charge in [0, 0.05) is 17.1 Å². The number of ketones is 2. The number of carbonyl (C=O) groups is 3. The van der Waals surface area contributed by atoms with Crippen LogP contribution in [0.2, 0.25) is 0 Å². The number of hydrogen-bond donors (Lipinski definition) is 5. The third kappa shape index (κ3) is 2.91. The van der Waals surface area contributed by atoms with E-state index < -0.39 is 58.0 Å². The second-order valence-corrected chi connectivity index (χ2v) is 8.82. The number of aliphatic hydroxyl groups is 3. The highest BCUT2D eigenvalue weighted by Crippen LogP contribution is 2.52. The van der Waals surface area contributed by atoms with Gasteiger partial charge in [-0.05, 0) is 57.5 Å². The van der Waals surface area contributed by atoms with Crippen LogP contribution in [0.15, 0.2) is 34.8 Å². The number of aliphatic hydroxyl groups excluding tert-OH is 2. The summed E-state index contributed by atoms with van der Waals surface area (Å²) in [6.07, 6.45) is 0.257. The van der Waals surface area contributed by atoms with Crippen LogP contribution < -0.4 is 5.73 Å². The van der Waals surface area contributed by atoms with Crippen LogP contribution in [0.25, 0.3) is 0 Å². The molecular formula is C24H24N2O7. The number of fused-ring (bicyclic) bond motifs is 3. The number of allylic oxidation sites excluding steroid dienone is 1. The number of hydrogen-bond acceptors (Lipinski definition) is 8. The summed E-state index contributed by atoms with van der Waals surface area (Å²) < 4.78 is 0. The topological polar surface area (TPSA) is 161 Å². The lowest BCUT2D eigenvalue weighted by Crippen LogP contribution is -2.63. The van der Waals surface area contributed by atoms with E-state index >= 15 is 0 Å². The fraction of sp³-hybridized carbons (Fsp3) is 0.375. The molecule has 4 unspecified atom stereocenters. The van der Waals surface area contributed by atoms with E-state index in [4.69, 9.17) is 5.73 Å². The van der Waals surface area contributed by atoms with Gasteiger partial charge in [-0.2, -0.15) is 0 Å². The predicted molar refractivity (Wildman–Crippen MR) is 116 cm³/mol. The molecule has 0 saturated heterocycles. The Balaban J connectivity index is 1.98. The normalized spacial score (nSPS) is 28.7. The Bertz CT molecular complexity index is 1250. The molecular weight excluding hydrogens is 428 g/mol. The molecule has 3 aliphatic rings. The molecule has 0 aromatic heterocycles. The van der Waals surface area contributed by atoms with E-state index in [2.05, 4.69) is 11.8 Å². The zero-order valence-electron chi connectivity index (χ0n) is 18.3. The standard InChI is InChI=1S/C24H24N2O7/c1-4-5-10-6-7-14(27)16-12(10)8-11-9-13-18(26(2)3)20(29)17(23(25)32)22(31)24(13,33)21(30)15(11)19(16)28/h6-7,11,13,18,27,29-30,33H,8-9H2,1-3H3,(H2,25,32). The van der Waals surface area contributed by atoms with Crippen LogP contribution in [0.4, 0.5) is 0 Å². The smallest absolute Gasteiger partial charge is 0.255 e. The van der Waals surface area contributed by atoms with Gasteiger partial charge in [0.15, 0.2) is 11.4 Å². The van der Waals surface area contributed by atoms with Crippen LogP contribution in [-0.2, 0) is 16.0 Å². The number of carbonyl (C=O) groups excluding carboxylic acids is 3. The molecule has 0 saturated carbocycles. The molecule has 172 valence electrons. The third-order valence-electron chi connectivity index (χ3n) is 6.87. The van der Waals surface area contributed by atoms with Gasteiger partial charge in [0.2, 0.25) is 5.78 Å². The van der Waals surface area contributed by atoms with Crippen molar-refractivity contribution in [2.24, 2.45) is 17.6 Å². The van der Waals surface area contributed by atoms with Gasteiger partial charge >= 0.3 is 0 Å². The molecule has 3 aliphatic carbocycles. The highest BCUT2D eigenvalue weighted by molar-refractivity contribution is 6.24. The maximum atomic E-state index is 13.4. The van der Waals surface area contributed by atoms with E-state index in [1.54, 1.807) is 27.1 Å². The quantitative estimate of drug-likeness (QED) is 0.320. The monoisotopic (exact) mass is 452 g/mol. The molecule has 1 aromatic carbocycles. The summed E-state index contributed by atoms with van der Waals surface area (Å²) in [5.74, 6) is -1.00. The van der Waals surface area contributed by atoms with E-state index in [-0.39, 0.29) is 29.7 Å². The number of aromatic hydroxyl groups is 1. The predicted octanol–water partition coefficient (Wildman–Crippen LogP) is 0.492. The lowest BCUT2D eigenvalue weighted by Gasteiger charge is -2.50. The van der Waals surface area contributed by atoms with E-state index in [9.17, 15) is 34.8 Å². The minimum absolute atomic E-state index is 0.0421. The lowest BCUT2D eigenvalue weighted by atomic mass is 9.58. The van der Waals surface area contributed by atoms with Gasteiger partial charge in [-0.3, -0.25) is 19.3 Å². The summed E-state index contributed by atoms with van der Waals surface area (Å²) >= 11 is 0.